The Morgan fingerprint density at radius 3 is 2.22 bits per heavy atom. The lowest BCUT2D eigenvalue weighted by atomic mass is 9.97. The van der Waals surface area contributed by atoms with Crippen LogP contribution < -0.4 is 27.4 Å². The van der Waals surface area contributed by atoms with Gasteiger partial charge in [-0.2, -0.15) is 0 Å². The molecule has 10 N–H and O–H groups in total. The van der Waals surface area contributed by atoms with Crippen LogP contribution >= 0.6 is 0 Å². The minimum absolute atomic E-state index is 0.0516. The van der Waals surface area contributed by atoms with Gasteiger partial charge in [-0.05, 0) is 49.8 Å². The number of aromatic amines is 1. The van der Waals surface area contributed by atoms with Gasteiger partial charge in [0.05, 0.1) is 6.04 Å². The van der Waals surface area contributed by atoms with Crippen LogP contribution in [0.2, 0.25) is 0 Å². The van der Waals surface area contributed by atoms with E-state index in [1.54, 1.807) is 13.1 Å². The fourth-order valence-corrected chi connectivity index (χ4v) is 4.39. The van der Waals surface area contributed by atoms with E-state index < -0.39 is 53.8 Å². The van der Waals surface area contributed by atoms with Crippen LogP contribution in [0.5, 0.6) is 0 Å². The first-order valence-electron chi connectivity index (χ1n) is 13.8. The van der Waals surface area contributed by atoms with Gasteiger partial charge in [0.2, 0.25) is 17.7 Å². The number of aliphatic carboxylic acids is 2. The van der Waals surface area contributed by atoms with Crippen LogP contribution in [-0.4, -0.2) is 75.6 Å². The second-order valence-electron chi connectivity index (χ2n) is 10.2. The van der Waals surface area contributed by atoms with Crippen LogP contribution in [0.25, 0.3) is 10.9 Å². The number of carbonyl (C=O) groups excluding carboxylic acids is 3. The van der Waals surface area contributed by atoms with E-state index in [2.05, 4.69) is 20.9 Å². The number of carboxylic acid groups (broad SMARTS) is 2. The summed E-state index contributed by atoms with van der Waals surface area (Å²) in [5.41, 5.74) is 13.0. The molecule has 2 aromatic rings. The minimum atomic E-state index is -1.19. The molecule has 0 fully saturated rings. The maximum atomic E-state index is 13.5. The zero-order valence-corrected chi connectivity index (χ0v) is 23.5. The quantitative estimate of drug-likeness (QED) is 0.116. The molecule has 1 aromatic carbocycles. The first kappa shape index (κ1) is 33.2. The number of benzene rings is 1. The monoisotopic (exact) mass is 574 g/mol. The van der Waals surface area contributed by atoms with E-state index in [4.69, 9.17) is 16.6 Å². The zero-order chi connectivity index (χ0) is 30.5. The lowest BCUT2D eigenvalue weighted by molar-refractivity contribution is -0.144. The number of H-pyrrole nitrogens is 1. The Labute approximate surface area is 238 Å². The van der Waals surface area contributed by atoms with Crippen molar-refractivity contribution in [3.8, 4) is 0 Å². The SMILES string of the molecule is CCC(C)C(NC(=O)C(Cc1c[nH]c2ccccc12)NC(=O)C(CCCCN)NC(=O)C(N)CCC(=O)O)C(=O)O. The number of aromatic nitrogens is 1. The molecule has 13 heteroatoms. The Morgan fingerprint density at radius 2 is 1.59 bits per heavy atom. The molecular weight excluding hydrogens is 532 g/mol. The Morgan fingerprint density at radius 1 is 0.927 bits per heavy atom. The number of nitrogens with two attached hydrogens (primary N) is 2. The maximum absolute atomic E-state index is 13.5. The van der Waals surface area contributed by atoms with E-state index in [1.807, 2.05) is 31.2 Å². The lowest BCUT2D eigenvalue weighted by Gasteiger charge is -2.26. The highest BCUT2D eigenvalue weighted by Crippen LogP contribution is 2.20. The molecule has 2 rings (SSSR count). The van der Waals surface area contributed by atoms with Crippen molar-refractivity contribution in [1.82, 2.24) is 20.9 Å². The van der Waals surface area contributed by atoms with Gasteiger partial charge in [0.15, 0.2) is 0 Å². The van der Waals surface area contributed by atoms with Crippen molar-refractivity contribution in [3.63, 3.8) is 0 Å². The summed E-state index contributed by atoms with van der Waals surface area (Å²) >= 11 is 0. The van der Waals surface area contributed by atoms with Crippen LogP contribution in [0, 0.1) is 5.92 Å². The van der Waals surface area contributed by atoms with Crippen molar-refractivity contribution < 1.29 is 34.2 Å². The van der Waals surface area contributed by atoms with Gasteiger partial charge in [-0.1, -0.05) is 38.5 Å². The molecule has 0 bridgehead atoms. The largest absolute Gasteiger partial charge is 0.481 e. The molecule has 3 amide bonds. The summed E-state index contributed by atoms with van der Waals surface area (Å²) in [6.07, 6.45) is 3.13. The predicted octanol–water partition coefficient (Wildman–Crippen LogP) is 0.617. The lowest BCUT2D eigenvalue weighted by Crippen LogP contribution is -2.58. The number of amides is 3. The van der Waals surface area contributed by atoms with Gasteiger partial charge in [0.1, 0.15) is 18.1 Å². The molecule has 0 aliphatic carbocycles. The molecule has 0 aliphatic rings. The second-order valence-corrected chi connectivity index (χ2v) is 10.2. The van der Waals surface area contributed by atoms with Crippen molar-refractivity contribution in [2.75, 3.05) is 6.54 Å². The Kier molecular flexibility index (Phi) is 13.2. The molecule has 226 valence electrons. The predicted molar refractivity (Wildman–Crippen MR) is 153 cm³/mol. The number of hydrogen-bond acceptors (Lipinski definition) is 7. The zero-order valence-electron chi connectivity index (χ0n) is 23.5. The maximum Gasteiger partial charge on any atom is 0.326 e. The third kappa shape index (κ3) is 10.2. The second kappa shape index (κ2) is 16.3. The van der Waals surface area contributed by atoms with Crippen LogP contribution in [0.3, 0.4) is 0 Å². The highest BCUT2D eigenvalue weighted by Gasteiger charge is 2.32. The van der Waals surface area contributed by atoms with Crippen molar-refractivity contribution in [3.05, 3.63) is 36.0 Å². The van der Waals surface area contributed by atoms with Crippen LogP contribution in [0.4, 0.5) is 0 Å². The van der Waals surface area contributed by atoms with E-state index in [0.29, 0.717) is 25.8 Å². The summed E-state index contributed by atoms with van der Waals surface area (Å²) in [5.74, 6) is -4.69. The third-order valence-electron chi connectivity index (χ3n) is 7.09. The Bertz CT molecular complexity index is 1200. The smallest absolute Gasteiger partial charge is 0.326 e. The number of hydrogen-bond donors (Lipinski definition) is 8. The summed E-state index contributed by atoms with van der Waals surface area (Å²) in [6.45, 7) is 3.90. The van der Waals surface area contributed by atoms with E-state index in [9.17, 15) is 29.1 Å². The number of nitrogens with one attached hydrogen (secondary N) is 4. The van der Waals surface area contributed by atoms with Gasteiger partial charge < -0.3 is 42.6 Å². The normalized spacial score (nSPS) is 14.8. The van der Waals surface area contributed by atoms with Gasteiger partial charge >= 0.3 is 11.9 Å². The summed E-state index contributed by atoms with van der Waals surface area (Å²) < 4.78 is 0. The summed E-state index contributed by atoms with van der Waals surface area (Å²) in [4.78, 5) is 65.5. The molecule has 5 atom stereocenters. The number of para-hydroxylation sites is 1. The average molecular weight is 575 g/mol. The number of carboxylic acids is 2. The van der Waals surface area contributed by atoms with E-state index in [1.165, 1.54) is 0 Å². The van der Waals surface area contributed by atoms with Gasteiger partial charge in [-0.3, -0.25) is 19.2 Å². The van der Waals surface area contributed by atoms with Crippen LogP contribution in [0.1, 0.15) is 57.9 Å². The van der Waals surface area contributed by atoms with E-state index in [0.717, 1.165) is 16.5 Å². The minimum Gasteiger partial charge on any atom is -0.481 e. The number of unbranched alkanes of at least 4 members (excludes halogenated alkanes) is 1. The van der Waals surface area contributed by atoms with E-state index >= 15 is 0 Å². The molecule has 13 nitrogen and oxygen atoms in total. The molecule has 0 saturated heterocycles. The standard InChI is InChI=1S/C28H42N6O7/c1-3-16(2)24(28(40)41)34-27(39)22(14-17-15-31-20-9-5-4-8-18(17)20)33-26(38)21(10-6-7-13-29)32-25(37)19(30)11-12-23(35)36/h4-5,8-9,15-16,19,21-22,24,31H,3,6-7,10-14,29-30H2,1-2H3,(H,32,37)(H,33,38)(H,34,39)(H,35,36)(H,40,41). The first-order valence-corrected chi connectivity index (χ1v) is 13.8. The van der Waals surface area contributed by atoms with Gasteiger partial charge in [0.25, 0.3) is 0 Å². The van der Waals surface area contributed by atoms with Crippen LogP contribution in [0.15, 0.2) is 30.5 Å². The Hall–Kier alpha value is -3.97. The van der Waals surface area contributed by atoms with Crippen molar-refractivity contribution in [2.24, 2.45) is 17.4 Å². The molecule has 1 aromatic heterocycles. The first-order chi connectivity index (χ1) is 19.5. The van der Waals surface area contributed by atoms with E-state index in [-0.39, 0.29) is 31.6 Å². The van der Waals surface area contributed by atoms with Gasteiger partial charge in [-0.15, -0.1) is 0 Å². The summed E-state index contributed by atoms with van der Waals surface area (Å²) in [6, 6.07) is 2.88. The molecule has 0 spiro atoms. The number of carbonyl (C=O) groups is 5. The van der Waals surface area contributed by atoms with Crippen molar-refractivity contribution in [1.29, 1.82) is 0 Å². The Balaban J connectivity index is 2.31. The average Bonchev–Trinajstić information content (AvgIpc) is 3.35. The molecule has 0 aliphatic heterocycles. The molecule has 1 heterocycles. The molecule has 5 unspecified atom stereocenters. The molecular formula is C28H42N6O7. The number of fused-ring (bicyclic) bond motifs is 1. The highest BCUT2D eigenvalue weighted by molar-refractivity contribution is 5.95. The summed E-state index contributed by atoms with van der Waals surface area (Å²) in [7, 11) is 0. The van der Waals surface area contributed by atoms with Crippen molar-refractivity contribution >= 4 is 40.6 Å². The topological polar surface area (TPSA) is 230 Å². The molecule has 0 saturated carbocycles. The highest BCUT2D eigenvalue weighted by atomic mass is 16.4. The fraction of sp³-hybridized carbons (Fsp3) is 0.536. The van der Waals surface area contributed by atoms with Crippen LogP contribution in [-0.2, 0) is 30.4 Å². The third-order valence-corrected chi connectivity index (χ3v) is 7.09. The van der Waals surface area contributed by atoms with Gasteiger partial charge in [0, 0.05) is 29.9 Å². The van der Waals surface area contributed by atoms with Gasteiger partial charge in [-0.25, -0.2) is 4.79 Å². The molecule has 0 radical (unpaired) electrons. The number of rotatable bonds is 18. The fourth-order valence-electron chi connectivity index (χ4n) is 4.39. The summed E-state index contributed by atoms with van der Waals surface area (Å²) in [5, 5.41) is 27.3. The molecule has 41 heavy (non-hydrogen) atoms. The van der Waals surface area contributed by atoms with Crippen molar-refractivity contribution in [2.45, 2.75) is 83.0 Å².